The molecule has 0 aromatic carbocycles. The van der Waals surface area contributed by atoms with E-state index in [9.17, 15) is 18.0 Å². The molecular formula is C11H14BrF3N4O. The Kier molecular flexibility index (Phi) is 4.69. The predicted octanol–water partition coefficient (Wildman–Crippen LogP) is 1.73. The minimum atomic E-state index is -4.47. The van der Waals surface area contributed by atoms with Crippen LogP contribution in [0, 0.1) is 0 Å². The average molecular weight is 355 g/mol. The molecule has 0 aliphatic carbocycles. The highest BCUT2D eigenvalue weighted by molar-refractivity contribution is 9.10. The molecule has 1 atom stereocenters. The molecule has 1 fully saturated rings. The molecule has 5 nitrogen and oxygen atoms in total. The van der Waals surface area contributed by atoms with Crippen molar-refractivity contribution in [1.29, 1.82) is 0 Å². The molecule has 1 saturated heterocycles. The second-order valence-corrected chi connectivity index (χ2v) is 5.42. The molecule has 2 N–H and O–H groups in total. The molecule has 0 bridgehead atoms. The first-order valence-corrected chi connectivity index (χ1v) is 6.96. The molecule has 1 aromatic heterocycles. The van der Waals surface area contributed by atoms with E-state index in [4.69, 9.17) is 0 Å². The molecule has 0 radical (unpaired) electrons. The van der Waals surface area contributed by atoms with Crippen molar-refractivity contribution in [1.82, 2.24) is 15.1 Å². The molecule has 9 heteroatoms. The Morgan fingerprint density at radius 3 is 2.90 bits per heavy atom. The van der Waals surface area contributed by atoms with Crippen molar-refractivity contribution in [2.24, 2.45) is 0 Å². The minimum Gasteiger partial charge on any atom is -0.381 e. The maximum absolute atomic E-state index is 12.3. The maximum atomic E-state index is 12.3. The molecule has 2 heterocycles. The van der Waals surface area contributed by atoms with Crippen LogP contribution in [0.15, 0.2) is 15.5 Å². The highest BCUT2D eigenvalue weighted by atomic mass is 79.9. The van der Waals surface area contributed by atoms with Crippen molar-refractivity contribution in [3.63, 3.8) is 0 Å². The molecule has 1 aromatic rings. The molecule has 0 spiro atoms. The number of anilines is 1. The Labute approximate surface area is 121 Å². The van der Waals surface area contributed by atoms with E-state index in [1.165, 1.54) is 6.20 Å². The Balaban J connectivity index is 2.07. The topological polar surface area (TPSA) is 59.0 Å². The van der Waals surface area contributed by atoms with Crippen LogP contribution >= 0.6 is 15.9 Å². The average Bonchev–Trinajstić information content (AvgIpc) is 2.86. The summed E-state index contributed by atoms with van der Waals surface area (Å²) in [5, 5.41) is 9.83. The largest absolute Gasteiger partial charge is 0.408 e. The van der Waals surface area contributed by atoms with E-state index in [0.717, 1.165) is 19.4 Å². The first kappa shape index (κ1) is 15.3. The van der Waals surface area contributed by atoms with Gasteiger partial charge in [-0.15, -0.1) is 0 Å². The molecular weight excluding hydrogens is 341 g/mol. The summed E-state index contributed by atoms with van der Waals surface area (Å²) >= 11 is 3.02. The Morgan fingerprint density at radius 2 is 2.30 bits per heavy atom. The van der Waals surface area contributed by atoms with Crippen LogP contribution in [-0.2, 0) is 6.54 Å². The number of alkyl halides is 3. The van der Waals surface area contributed by atoms with Crippen molar-refractivity contribution >= 4 is 21.6 Å². The van der Waals surface area contributed by atoms with Crippen LogP contribution in [0.3, 0.4) is 0 Å². The summed E-state index contributed by atoms with van der Waals surface area (Å²) in [5.74, 6) is 0. The number of rotatable bonds is 4. The van der Waals surface area contributed by atoms with Gasteiger partial charge in [0.25, 0.3) is 5.56 Å². The number of hydrogen-bond donors (Lipinski definition) is 2. The monoisotopic (exact) mass is 354 g/mol. The van der Waals surface area contributed by atoms with Gasteiger partial charge in [-0.05, 0) is 35.3 Å². The van der Waals surface area contributed by atoms with Gasteiger partial charge in [0.05, 0.1) is 11.9 Å². The summed E-state index contributed by atoms with van der Waals surface area (Å²) in [6.07, 6.45) is -1.12. The first-order valence-electron chi connectivity index (χ1n) is 6.16. The van der Waals surface area contributed by atoms with Gasteiger partial charge in [-0.2, -0.15) is 18.3 Å². The maximum Gasteiger partial charge on any atom is 0.408 e. The smallest absolute Gasteiger partial charge is 0.381 e. The van der Waals surface area contributed by atoms with Crippen LogP contribution in [0.1, 0.15) is 12.8 Å². The number of hydrogen-bond acceptors (Lipinski definition) is 4. The van der Waals surface area contributed by atoms with Gasteiger partial charge < -0.3 is 10.6 Å². The first-order chi connectivity index (χ1) is 9.37. The molecule has 20 heavy (non-hydrogen) atoms. The van der Waals surface area contributed by atoms with E-state index < -0.39 is 18.3 Å². The summed E-state index contributed by atoms with van der Waals surface area (Å²) in [6, 6.07) is 0.305. The zero-order valence-electron chi connectivity index (χ0n) is 10.5. The van der Waals surface area contributed by atoms with Crippen molar-refractivity contribution in [2.75, 3.05) is 18.4 Å². The van der Waals surface area contributed by atoms with Crippen LogP contribution < -0.4 is 16.2 Å². The summed E-state index contributed by atoms with van der Waals surface area (Å²) in [4.78, 5) is 11.8. The van der Waals surface area contributed by atoms with Gasteiger partial charge in [-0.25, -0.2) is 4.68 Å². The van der Waals surface area contributed by atoms with Crippen LogP contribution in [-0.4, -0.2) is 35.1 Å². The number of nitrogens with zero attached hydrogens (tertiary/aromatic N) is 2. The quantitative estimate of drug-likeness (QED) is 0.864. The third kappa shape index (κ3) is 3.95. The molecule has 1 aliphatic heterocycles. The minimum absolute atomic E-state index is 0.0646. The van der Waals surface area contributed by atoms with E-state index in [1.807, 2.05) is 0 Å². The lowest BCUT2D eigenvalue weighted by Crippen LogP contribution is -2.32. The Morgan fingerprint density at radius 1 is 1.55 bits per heavy atom. The molecule has 1 aliphatic rings. The van der Waals surface area contributed by atoms with Crippen LogP contribution in [0.5, 0.6) is 0 Å². The summed E-state index contributed by atoms with van der Waals surface area (Å²) in [5.41, 5.74) is -0.395. The number of halogens is 4. The van der Waals surface area contributed by atoms with Crippen LogP contribution in [0.2, 0.25) is 0 Å². The van der Waals surface area contributed by atoms with Gasteiger partial charge in [0.2, 0.25) is 0 Å². The van der Waals surface area contributed by atoms with Crippen molar-refractivity contribution in [3.05, 3.63) is 21.0 Å². The number of nitrogens with one attached hydrogen (secondary N) is 2. The van der Waals surface area contributed by atoms with Gasteiger partial charge in [-0.3, -0.25) is 4.79 Å². The van der Waals surface area contributed by atoms with E-state index in [2.05, 4.69) is 31.7 Å². The lowest BCUT2D eigenvalue weighted by Gasteiger charge is -2.14. The summed E-state index contributed by atoms with van der Waals surface area (Å²) in [7, 11) is 0. The van der Waals surface area contributed by atoms with Crippen molar-refractivity contribution < 1.29 is 13.2 Å². The van der Waals surface area contributed by atoms with Gasteiger partial charge in [0, 0.05) is 12.6 Å². The zero-order valence-corrected chi connectivity index (χ0v) is 12.1. The molecule has 0 saturated carbocycles. The predicted molar refractivity (Wildman–Crippen MR) is 71.8 cm³/mol. The highest BCUT2D eigenvalue weighted by Crippen LogP contribution is 2.19. The van der Waals surface area contributed by atoms with Crippen LogP contribution in [0.4, 0.5) is 18.9 Å². The van der Waals surface area contributed by atoms with E-state index in [-0.39, 0.29) is 4.47 Å². The van der Waals surface area contributed by atoms with Crippen LogP contribution in [0.25, 0.3) is 0 Å². The van der Waals surface area contributed by atoms with E-state index in [1.54, 1.807) is 0 Å². The second-order valence-electron chi connectivity index (χ2n) is 4.62. The second kappa shape index (κ2) is 6.13. The fourth-order valence-corrected chi connectivity index (χ4v) is 2.48. The lowest BCUT2D eigenvalue weighted by molar-refractivity contribution is -0.143. The SMILES string of the molecule is O=c1c(Br)c(NCC2CCCN2)cnn1CC(F)(F)F. The highest BCUT2D eigenvalue weighted by Gasteiger charge is 2.29. The lowest BCUT2D eigenvalue weighted by atomic mass is 10.2. The van der Waals surface area contributed by atoms with Gasteiger partial charge >= 0.3 is 6.18 Å². The van der Waals surface area contributed by atoms with Crippen molar-refractivity contribution in [3.8, 4) is 0 Å². The number of aromatic nitrogens is 2. The Hall–Kier alpha value is -1.09. The zero-order chi connectivity index (χ0) is 14.8. The molecule has 1 unspecified atom stereocenters. The standard InChI is InChI=1S/C11H14BrF3N4O/c12-9-8(17-4-7-2-1-3-16-7)5-18-19(10(9)20)6-11(13,14)15/h5,7,16-17H,1-4,6H2. The van der Waals surface area contributed by atoms with Gasteiger partial charge in [-0.1, -0.05) is 0 Å². The fraction of sp³-hybridized carbons (Fsp3) is 0.636. The summed E-state index contributed by atoms with van der Waals surface area (Å²) in [6.45, 7) is 0.164. The Bertz CT molecular complexity index is 525. The van der Waals surface area contributed by atoms with Gasteiger partial charge in [0.1, 0.15) is 11.0 Å². The fourth-order valence-electron chi connectivity index (χ4n) is 2.03. The van der Waals surface area contributed by atoms with Crippen molar-refractivity contribution in [2.45, 2.75) is 31.6 Å². The van der Waals surface area contributed by atoms with E-state index >= 15 is 0 Å². The van der Waals surface area contributed by atoms with E-state index in [0.29, 0.717) is 23.0 Å². The molecule has 2 rings (SSSR count). The summed E-state index contributed by atoms with van der Waals surface area (Å²) < 4.78 is 37.3. The normalized spacial score (nSPS) is 19.3. The third-order valence-electron chi connectivity index (χ3n) is 3.02. The van der Waals surface area contributed by atoms with Gasteiger partial charge in [0.15, 0.2) is 0 Å². The third-order valence-corrected chi connectivity index (χ3v) is 3.78. The molecule has 0 amide bonds. The molecule has 112 valence electrons.